The summed E-state index contributed by atoms with van der Waals surface area (Å²) in [5, 5.41) is 0. The summed E-state index contributed by atoms with van der Waals surface area (Å²) < 4.78 is 12.1. The average Bonchev–Trinajstić information content (AvgIpc) is 2.30. The molecule has 1 aromatic rings. The molecule has 0 aliphatic carbocycles. The van der Waals surface area contributed by atoms with Crippen LogP contribution in [0.5, 0.6) is 5.75 Å². The minimum Gasteiger partial charge on any atom is -0.493 e. The maximum atomic E-state index is 6.28. The zero-order chi connectivity index (χ0) is 12.1. The van der Waals surface area contributed by atoms with Crippen molar-refractivity contribution in [3.05, 3.63) is 28.7 Å². The Balaban J connectivity index is 1.79. The highest BCUT2D eigenvalue weighted by Gasteiger charge is 2.27. The largest absolute Gasteiger partial charge is 0.493 e. The van der Waals surface area contributed by atoms with E-state index in [1.54, 1.807) is 0 Å². The van der Waals surface area contributed by atoms with Crippen molar-refractivity contribution < 1.29 is 9.47 Å². The minimum absolute atomic E-state index is 0.107. The molecule has 0 bridgehead atoms. The van der Waals surface area contributed by atoms with Gasteiger partial charge in [0.1, 0.15) is 5.75 Å². The summed E-state index contributed by atoms with van der Waals surface area (Å²) in [6.45, 7) is 2.20. The van der Waals surface area contributed by atoms with Crippen molar-refractivity contribution in [1.82, 2.24) is 0 Å². The lowest BCUT2D eigenvalue weighted by Crippen LogP contribution is -2.46. The topological polar surface area (TPSA) is 44.5 Å². The zero-order valence-corrected chi connectivity index (χ0v) is 11.4. The quantitative estimate of drug-likeness (QED) is 0.930. The first-order chi connectivity index (χ1) is 8.18. The molecule has 1 aliphatic heterocycles. The highest BCUT2D eigenvalue weighted by Crippen LogP contribution is 2.23. The van der Waals surface area contributed by atoms with Crippen LogP contribution in [0.2, 0.25) is 0 Å². The van der Waals surface area contributed by atoms with Crippen LogP contribution in [0.3, 0.4) is 0 Å². The molecule has 1 aliphatic rings. The van der Waals surface area contributed by atoms with E-state index >= 15 is 0 Å². The Labute approximate surface area is 110 Å². The summed E-state index contributed by atoms with van der Waals surface area (Å²) in [7, 11) is 0. The fourth-order valence-corrected chi connectivity index (χ4v) is 2.34. The van der Waals surface area contributed by atoms with Gasteiger partial charge in [-0.25, -0.2) is 0 Å². The molecule has 2 rings (SSSR count). The molecule has 0 spiro atoms. The predicted octanol–water partition coefficient (Wildman–Crippen LogP) is 2.73. The normalized spacial score (nSPS) is 18.9. The molecular weight excluding hydrogens is 282 g/mol. The van der Waals surface area contributed by atoms with Crippen LogP contribution in [0.1, 0.15) is 19.3 Å². The minimum atomic E-state index is -0.107. The lowest BCUT2D eigenvalue weighted by atomic mass is 9.88. The average molecular weight is 300 g/mol. The molecule has 0 radical (unpaired) electrons. The van der Waals surface area contributed by atoms with Crippen LogP contribution in [0.15, 0.2) is 28.7 Å². The summed E-state index contributed by atoms with van der Waals surface area (Å²) in [5.74, 6) is 0.884. The van der Waals surface area contributed by atoms with Crippen molar-refractivity contribution in [3.63, 3.8) is 0 Å². The Bertz CT molecular complexity index is 364. The number of halogens is 1. The molecule has 0 unspecified atom stereocenters. The molecule has 0 aromatic heterocycles. The predicted molar refractivity (Wildman–Crippen MR) is 71.2 cm³/mol. The second kappa shape index (κ2) is 5.85. The smallest absolute Gasteiger partial charge is 0.120 e. The first-order valence-corrected chi connectivity index (χ1v) is 6.72. The lowest BCUT2D eigenvalue weighted by Gasteiger charge is -2.33. The van der Waals surface area contributed by atoms with Crippen molar-refractivity contribution in [2.24, 2.45) is 5.73 Å². The second-order valence-electron chi connectivity index (χ2n) is 4.53. The molecule has 1 saturated heterocycles. The van der Waals surface area contributed by atoms with Gasteiger partial charge in [0.25, 0.3) is 0 Å². The van der Waals surface area contributed by atoms with Gasteiger partial charge in [0.15, 0.2) is 0 Å². The van der Waals surface area contributed by atoms with Gasteiger partial charge in [0.05, 0.1) is 6.61 Å². The molecule has 1 fully saturated rings. The number of benzene rings is 1. The van der Waals surface area contributed by atoms with Gasteiger partial charge in [0, 0.05) is 23.2 Å². The van der Waals surface area contributed by atoms with E-state index in [-0.39, 0.29) is 5.54 Å². The molecule has 4 heteroatoms. The van der Waals surface area contributed by atoms with Crippen LogP contribution in [0.4, 0.5) is 0 Å². The van der Waals surface area contributed by atoms with Crippen molar-refractivity contribution in [1.29, 1.82) is 0 Å². The molecule has 3 nitrogen and oxygen atoms in total. The lowest BCUT2D eigenvalue weighted by molar-refractivity contribution is 0.0451. The van der Waals surface area contributed by atoms with E-state index in [1.165, 1.54) is 0 Å². The third-order valence-corrected chi connectivity index (χ3v) is 3.65. The van der Waals surface area contributed by atoms with Crippen molar-refractivity contribution >= 4 is 15.9 Å². The molecule has 0 atom stereocenters. The van der Waals surface area contributed by atoms with Gasteiger partial charge in [-0.05, 0) is 37.5 Å². The van der Waals surface area contributed by atoms with Gasteiger partial charge in [-0.15, -0.1) is 0 Å². The molecular formula is C13H18BrNO2. The molecule has 1 aromatic carbocycles. The molecule has 2 N–H and O–H groups in total. The highest BCUT2D eigenvalue weighted by atomic mass is 79.9. The SMILES string of the molecule is NC1(CCOc2cccc(Br)c2)CCOCC1. The van der Waals surface area contributed by atoms with Crippen molar-refractivity contribution in [3.8, 4) is 5.75 Å². The number of ether oxygens (including phenoxy) is 2. The fraction of sp³-hybridized carbons (Fsp3) is 0.538. The van der Waals surface area contributed by atoms with E-state index in [1.807, 2.05) is 24.3 Å². The zero-order valence-electron chi connectivity index (χ0n) is 9.82. The number of hydrogen-bond acceptors (Lipinski definition) is 3. The number of nitrogens with two attached hydrogens (primary N) is 1. The van der Waals surface area contributed by atoms with E-state index in [2.05, 4.69) is 15.9 Å². The van der Waals surface area contributed by atoms with E-state index < -0.39 is 0 Å². The Morgan fingerprint density at radius 1 is 1.35 bits per heavy atom. The maximum Gasteiger partial charge on any atom is 0.120 e. The van der Waals surface area contributed by atoms with E-state index in [0.29, 0.717) is 6.61 Å². The monoisotopic (exact) mass is 299 g/mol. The third-order valence-electron chi connectivity index (χ3n) is 3.15. The second-order valence-corrected chi connectivity index (χ2v) is 5.45. The van der Waals surface area contributed by atoms with Gasteiger partial charge < -0.3 is 15.2 Å². The first kappa shape index (κ1) is 12.9. The number of hydrogen-bond donors (Lipinski definition) is 1. The van der Waals surface area contributed by atoms with Gasteiger partial charge >= 0.3 is 0 Å². The molecule has 17 heavy (non-hydrogen) atoms. The van der Waals surface area contributed by atoms with Crippen LogP contribution >= 0.6 is 15.9 Å². The van der Waals surface area contributed by atoms with Gasteiger partial charge in [-0.3, -0.25) is 0 Å². The standard InChI is InChI=1S/C13H18BrNO2/c14-11-2-1-3-12(10-11)17-9-6-13(15)4-7-16-8-5-13/h1-3,10H,4-9,15H2. The molecule has 1 heterocycles. The van der Waals surface area contributed by atoms with Gasteiger partial charge in [-0.2, -0.15) is 0 Å². The molecule has 0 saturated carbocycles. The van der Waals surface area contributed by atoms with Crippen LogP contribution in [-0.4, -0.2) is 25.4 Å². The van der Waals surface area contributed by atoms with Crippen LogP contribution < -0.4 is 10.5 Å². The van der Waals surface area contributed by atoms with Gasteiger partial charge in [-0.1, -0.05) is 22.0 Å². The summed E-state index contributed by atoms with van der Waals surface area (Å²) in [4.78, 5) is 0. The third kappa shape index (κ3) is 3.98. The highest BCUT2D eigenvalue weighted by molar-refractivity contribution is 9.10. The Morgan fingerprint density at radius 2 is 2.12 bits per heavy atom. The summed E-state index contributed by atoms with van der Waals surface area (Å²) in [5.41, 5.74) is 6.18. The van der Waals surface area contributed by atoms with Crippen molar-refractivity contribution in [2.75, 3.05) is 19.8 Å². The molecule has 0 amide bonds. The first-order valence-electron chi connectivity index (χ1n) is 5.93. The van der Waals surface area contributed by atoms with E-state index in [9.17, 15) is 0 Å². The summed E-state index contributed by atoms with van der Waals surface area (Å²) in [6, 6.07) is 7.87. The van der Waals surface area contributed by atoms with Gasteiger partial charge in [0.2, 0.25) is 0 Å². The van der Waals surface area contributed by atoms with Crippen LogP contribution in [0, 0.1) is 0 Å². The van der Waals surface area contributed by atoms with E-state index in [0.717, 1.165) is 42.7 Å². The molecule has 94 valence electrons. The number of rotatable bonds is 4. The Morgan fingerprint density at radius 3 is 2.82 bits per heavy atom. The fourth-order valence-electron chi connectivity index (χ4n) is 1.96. The van der Waals surface area contributed by atoms with Crippen LogP contribution in [-0.2, 0) is 4.74 Å². The Kier molecular flexibility index (Phi) is 4.42. The maximum absolute atomic E-state index is 6.28. The Hall–Kier alpha value is -0.580. The van der Waals surface area contributed by atoms with Crippen LogP contribution in [0.25, 0.3) is 0 Å². The summed E-state index contributed by atoms with van der Waals surface area (Å²) in [6.07, 6.45) is 2.73. The summed E-state index contributed by atoms with van der Waals surface area (Å²) >= 11 is 3.42. The van der Waals surface area contributed by atoms with E-state index in [4.69, 9.17) is 15.2 Å². The van der Waals surface area contributed by atoms with Crippen molar-refractivity contribution in [2.45, 2.75) is 24.8 Å².